The molecule has 1 fully saturated rings. The summed E-state index contributed by atoms with van der Waals surface area (Å²) in [5, 5.41) is 3.99. The Morgan fingerprint density at radius 1 is 1.00 bits per heavy atom. The van der Waals surface area contributed by atoms with E-state index in [1.807, 2.05) is 54.9 Å². The van der Waals surface area contributed by atoms with E-state index in [0.717, 1.165) is 61.5 Å². The van der Waals surface area contributed by atoms with Crippen LogP contribution in [0.3, 0.4) is 0 Å². The number of fused-ring (bicyclic) bond motifs is 1. The fraction of sp³-hybridized carbons (Fsp3) is 0.286. The highest BCUT2D eigenvalue weighted by atomic mass is 16.5. The van der Waals surface area contributed by atoms with Crippen LogP contribution in [0, 0.1) is 0 Å². The Labute approximate surface area is 205 Å². The Morgan fingerprint density at radius 3 is 2.54 bits per heavy atom. The first-order valence-electron chi connectivity index (χ1n) is 12.0. The van der Waals surface area contributed by atoms with Crippen molar-refractivity contribution < 1.29 is 13.9 Å². The molecule has 0 spiro atoms. The number of hydrogen-bond acceptors (Lipinski definition) is 6. The van der Waals surface area contributed by atoms with Crippen molar-refractivity contribution in [3.8, 4) is 0 Å². The van der Waals surface area contributed by atoms with Crippen LogP contribution < -0.4 is 10.2 Å². The van der Waals surface area contributed by atoms with Gasteiger partial charge in [-0.2, -0.15) is 0 Å². The monoisotopic (exact) mass is 470 g/mol. The van der Waals surface area contributed by atoms with Crippen LogP contribution in [0.2, 0.25) is 0 Å². The van der Waals surface area contributed by atoms with Crippen LogP contribution in [0.15, 0.2) is 77.5 Å². The van der Waals surface area contributed by atoms with E-state index in [1.54, 1.807) is 7.11 Å². The van der Waals surface area contributed by atoms with Crippen LogP contribution in [0.1, 0.15) is 21.7 Å². The number of piperazine rings is 1. The minimum atomic E-state index is -0.267. The third-order valence-corrected chi connectivity index (χ3v) is 6.52. The first kappa shape index (κ1) is 23.1. The second-order valence-corrected chi connectivity index (χ2v) is 8.74. The number of nitrogens with one attached hydrogen (secondary N) is 1. The number of nitrogens with zero attached hydrogens (tertiary/aromatic N) is 3. The fourth-order valence-electron chi connectivity index (χ4n) is 4.65. The molecule has 0 aliphatic carbocycles. The zero-order valence-electron chi connectivity index (χ0n) is 19.9. The number of aromatic nitrogens is 1. The van der Waals surface area contributed by atoms with E-state index in [9.17, 15) is 4.79 Å². The van der Waals surface area contributed by atoms with Crippen molar-refractivity contribution in [2.24, 2.45) is 0 Å². The molecule has 0 radical (unpaired) electrons. The number of carbonyl (C=O) groups excluding carboxylic acids is 1. The maximum atomic E-state index is 13.3. The minimum absolute atomic E-state index is 0.267. The quantitative estimate of drug-likeness (QED) is 0.406. The summed E-state index contributed by atoms with van der Waals surface area (Å²) in [5.41, 5.74) is 4.57. The second kappa shape index (κ2) is 10.7. The smallest absolute Gasteiger partial charge is 0.291 e. The molecule has 0 saturated carbocycles. The number of pyridine rings is 1. The molecule has 0 bridgehead atoms. The van der Waals surface area contributed by atoms with Gasteiger partial charge in [0.15, 0.2) is 5.76 Å². The van der Waals surface area contributed by atoms with E-state index in [1.165, 1.54) is 5.56 Å². The van der Waals surface area contributed by atoms with Crippen molar-refractivity contribution in [3.63, 3.8) is 0 Å². The maximum absolute atomic E-state index is 13.3. The number of anilines is 2. The van der Waals surface area contributed by atoms with Gasteiger partial charge in [-0.3, -0.25) is 14.7 Å². The van der Waals surface area contributed by atoms with Crippen LogP contribution in [-0.4, -0.2) is 55.6 Å². The summed E-state index contributed by atoms with van der Waals surface area (Å²) >= 11 is 0. The highest BCUT2D eigenvalue weighted by Gasteiger charge is 2.23. The van der Waals surface area contributed by atoms with Crippen LogP contribution in [0.25, 0.3) is 11.0 Å². The summed E-state index contributed by atoms with van der Waals surface area (Å²) in [5.74, 6) is 0.0282. The molecule has 1 aliphatic rings. The van der Waals surface area contributed by atoms with Gasteiger partial charge >= 0.3 is 0 Å². The molecule has 1 amide bonds. The molecular formula is C28H30N4O3. The number of hydrogen-bond donors (Lipinski definition) is 1. The molecule has 7 nitrogen and oxygen atoms in total. The lowest BCUT2D eigenvalue weighted by atomic mass is 10.1. The third kappa shape index (κ3) is 5.21. The van der Waals surface area contributed by atoms with Crippen LogP contribution in [-0.2, 0) is 17.8 Å². The van der Waals surface area contributed by atoms with E-state index >= 15 is 0 Å². The molecule has 2 aromatic carbocycles. The molecule has 0 unspecified atom stereocenters. The molecule has 2 aromatic heterocycles. The summed E-state index contributed by atoms with van der Waals surface area (Å²) in [7, 11) is 1.62. The normalized spacial score (nSPS) is 14.4. The van der Waals surface area contributed by atoms with Gasteiger partial charge < -0.3 is 19.4 Å². The Kier molecular flexibility index (Phi) is 7.07. The van der Waals surface area contributed by atoms with Gasteiger partial charge in [0.05, 0.1) is 18.0 Å². The van der Waals surface area contributed by atoms with Crippen molar-refractivity contribution in [1.82, 2.24) is 9.88 Å². The fourth-order valence-corrected chi connectivity index (χ4v) is 4.65. The number of carbonyl (C=O) groups is 1. The first-order chi connectivity index (χ1) is 17.2. The van der Waals surface area contributed by atoms with Gasteiger partial charge in [0, 0.05) is 63.2 Å². The molecule has 1 aliphatic heterocycles. The summed E-state index contributed by atoms with van der Waals surface area (Å²) in [6.45, 7) is 5.11. The first-order valence-corrected chi connectivity index (χ1v) is 12.0. The molecule has 7 heteroatoms. The zero-order chi connectivity index (χ0) is 24.0. The molecular weight excluding hydrogens is 440 g/mol. The van der Waals surface area contributed by atoms with Gasteiger partial charge in [0.1, 0.15) is 5.58 Å². The Bertz CT molecular complexity index is 1280. The van der Waals surface area contributed by atoms with Crippen LogP contribution >= 0.6 is 0 Å². The molecule has 0 atom stereocenters. The summed E-state index contributed by atoms with van der Waals surface area (Å²) < 4.78 is 11.3. The Balaban J connectivity index is 1.27. The van der Waals surface area contributed by atoms with E-state index < -0.39 is 0 Å². The number of benzene rings is 2. The van der Waals surface area contributed by atoms with Crippen LogP contribution in [0.4, 0.5) is 11.4 Å². The van der Waals surface area contributed by atoms with Crippen molar-refractivity contribution in [1.29, 1.82) is 0 Å². The maximum Gasteiger partial charge on any atom is 0.291 e. The largest absolute Gasteiger partial charge is 0.451 e. The predicted octanol–water partition coefficient (Wildman–Crippen LogP) is 4.59. The van der Waals surface area contributed by atoms with Gasteiger partial charge in [-0.25, -0.2) is 0 Å². The van der Waals surface area contributed by atoms with Crippen molar-refractivity contribution in [3.05, 3.63) is 89.9 Å². The Morgan fingerprint density at radius 2 is 1.74 bits per heavy atom. The molecule has 1 N–H and O–H groups in total. The van der Waals surface area contributed by atoms with E-state index in [4.69, 9.17) is 9.15 Å². The number of amides is 1. The van der Waals surface area contributed by atoms with Crippen molar-refractivity contribution >= 4 is 28.3 Å². The zero-order valence-corrected chi connectivity index (χ0v) is 19.9. The van der Waals surface area contributed by atoms with Crippen LogP contribution in [0.5, 0.6) is 0 Å². The summed E-state index contributed by atoms with van der Waals surface area (Å²) in [6, 6.07) is 19.8. The molecule has 3 heterocycles. The third-order valence-electron chi connectivity index (χ3n) is 6.52. The van der Waals surface area contributed by atoms with Gasteiger partial charge in [-0.05, 0) is 42.3 Å². The van der Waals surface area contributed by atoms with Gasteiger partial charge in [-0.1, -0.05) is 30.3 Å². The average Bonchev–Trinajstić information content (AvgIpc) is 3.28. The molecule has 5 rings (SSSR count). The number of ether oxygens (including phenoxy) is 1. The number of para-hydroxylation sites is 3. The molecule has 180 valence electrons. The topological polar surface area (TPSA) is 70.8 Å². The van der Waals surface area contributed by atoms with Crippen molar-refractivity contribution in [2.75, 3.05) is 50.1 Å². The van der Waals surface area contributed by atoms with E-state index in [0.29, 0.717) is 18.0 Å². The lowest BCUT2D eigenvalue weighted by Gasteiger charge is -2.37. The standard InChI is InChI=1S/C28H30N4O3/c1-34-20-23-22-6-2-5-9-26(22)35-27(23)28(33)30-24-7-3-4-8-25(24)32-18-16-31(17-19-32)15-12-21-10-13-29-14-11-21/h2-11,13-14H,12,15-20H2,1H3,(H,30,33). The molecule has 1 saturated heterocycles. The van der Waals surface area contributed by atoms with E-state index in [2.05, 4.69) is 38.3 Å². The predicted molar refractivity (Wildman–Crippen MR) is 138 cm³/mol. The number of rotatable bonds is 8. The highest BCUT2D eigenvalue weighted by Crippen LogP contribution is 2.30. The second-order valence-electron chi connectivity index (χ2n) is 8.74. The Hall–Kier alpha value is -3.68. The van der Waals surface area contributed by atoms with Gasteiger partial charge in [0.2, 0.25) is 0 Å². The van der Waals surface area contributed by atoms with Crippen molar-refractivity contribution in [2.45, 2.75) is 13.0 Å². The van der Waals surface area contributed by atoms with Gasteiger partial charge in [-0.15, -0.1) is 0 Å². The number of furan rings is 1. The SMILES string of the molecule is COCc1c(C(=O)Nc2ccccc2N2CCN(CCc3ccncc3)CC2)oc2ccccc12. The minimum Gasteiger partial charge on any atom is -0.451 e. The lowest BCUT2D eigenvalue weighted by Crippen LogP contribution is -2.47. The van der Waals surface area contributed by atoms with Gasteiger partial charge in [0.25, 0.3) is 5.91 Å². The average molecular weight is 471 g/mol. The summed E-state index contributed by atoms with van der Waals surface area (Å²) in [6.07, 6.45) is 4.72. The summed E-state index contributed by atoms with van der Waals surface area (Å²) in [4.78, 5) is 22.2. The molecule has 4 aromatic rings. The lowest BCUT2D eigenvalue weighted by molar-refractivity contribution is 0.0992. The highest BCUT2D eigenvalue weighted by molar-refractivity contribution is 6.07. The van der Waals surface area contributed by atoms with E-state index in [-0.39, 0.29) is 5.91 Å². The number of methoxy groups -OCH3 is 1. The molecule has 35 heavy (non-hydrogen) atoms.